The van der Waals surface area contributed by atoms with Gasteiger partial charge in [-0.25, -0.2) is 4.79 Å². The highest BCUT2D eigenvalue weighted by atomic mass is 16.8. The summed E-state index contributed by atoms with van der Waals surface area (Å²) >= 11 is 0. The minimum absolute atomic E-state index is 0.0837. The molecule has 1 atom stereocenters. The summed E-state index contributed by atoms with van der Waals surface area (Å²) in [6, 6.07) is 0. The molecule has 6 heteroatoms. The van der Waals surface area contributed by atoms with E-state index in [4.69, 9.17) is 9.57 Å². The summed E-state index contributed by atoms with van der Waals surface area (Å²) in [6.45, 7) is 0.111. The fourth-order valence-electron chi connectivity index (χ4n) is 2.13. The van der Waals surface area contributed by atoms with Crippen molar-refractivity contribution in [2.24, 2.45) is 0 Å². The molecule has 0 aromatic carbocycles. The highest BCUT2D eigenvalue weighted by Crippen LogP contribution is 2.17. The molecule has 1 saturated heterocycles. The molecule has 0 aromatic heterocycles. The Morgan fingerprint density at radius 2 is 2.00 bits per heavy atom. The van der Waals surface area contributed by atoms with Gasteiger partial charge in [-0.05, 0) is 32.1 Å². The first-order valence-corrected chi connectivity index (χ1v) is 6.55. The molecule has 1 fully saturated rings. The molecule has 19 heavy (non-hydrogen) atoms. The zero-order valence-electron chi connectivity index (χ0n) is 10.7. The minimum Gasteiger partial charge on any atom is -0.429 e. The highest BCUT2D eigenvalue weighted by Gasteiger charge is 2.33. The van der Waals surface area contributed by atoms with E-state index < -0.39 is 17.8 Å². The van der Waals surface area contributed by atoms with Crippen molar-refractivity contribution in [2.75, 3.05) is 6.54 Å². The molecular weight excluding hydrogens is 250 g/mol. The number of hydrogen-bond acceptors (Lipinski definition) is 5. The van der Waals surface area contributed by atoms with Gasteiger partial charge >= 0.3 is 12.1 Å². The monoisotopic (exact) mass is 267 g/mol. The second-order valence-corrected chi connectivity index (χ2v) is 4.64. The fourth-order valence-corrected chi connectivity index (χ4v) is 2.13. The summed E-state index contributed by atoms with van der Waals surface area (Å²) in [4.78, 5) is 38.6. The topological polar surface area (TPSA) is 72.9 Å². The first kappa shape index (κ1) is 13.6. The molecule has 1 aliphatic carbocycles. The summed E-state index contributed by atoms with van der Waals surface area (Å²) in [5, 5.41) is 0.771. The minimum atomic E-state index is -0.905. The van der Waals surface area contributed by atoms with E-state index in [-0.39, 0.29) is 19.1 Å². The highest BCUT2D eigenvalue weighted by molar-refractivity contribution is 6.37. The van der Waals surface area contributed by atoms with Gasteiger partial charge in [-0.3, -0.25) is 9.59 Å². The van der Waals surface area contributed by atoms with Crippen molar-refractivity contribution >= 4 is 17.8 Å². The van der Waals surface area contributed by atoms with Crippen LogP contribution < -0.4 is 0 Å². The lowest BCUT2D eigenvalue weighted by Crippen LogP contribution is -2.32. The summed E-state index contributed by atoms with van der Waals surface area (Å²) in [5.41, 5.74) is 0. The predicted molar refractivity (Wildman–Crippen MR) is 64.9 cm³/mol. The van der Waals surface area contributed by atoms with Gasteiger partial charge in [-0.2, -0.15) is 5.06 Å². The summed E-state index contributed by atoms with van der Waals surface area (Å²) in [5.74, 6) is -1.32. The molecule has 0 N–H and O–H groups in total. The number of carbonyl (C=O) groups excluding carboxylic acids is 3. The van der Waals surface area contributed by atoms with Gasteiger partial charge in [0.1, 0.15) is 6.10 Å². The van der Waals surface area contributed by atoms with Crippen LogP contribution in [0.25, 0.3) is 0 Å². The zero-order valence-corrected chi connectivity index (χ0v) is 10.7. The maximum absolute atomic E-state index is 11.6. The molecule has 2 aliphatic rings. The van der Waals surface area contributed by atoms with E-state index in [1.165, 1.54) is 0 Å². The average Bonchev–Trinajstić information content (AvgIpc) is 2.64. The molecule has 1 aliphatic heterocycles. The lowest BCUT2D eigenvalue weighted by Gasteiger charge is -2.19. The van der Waals surface area contributed by atoms with Gasteiger partial charge in [-0.1, -0.05) is 12.2 Å². The summed E-state index contributed by atoms with van der Waals surface area (Å²) in [6.07, 6.45) is 7.52. The number of nitrogens with zero attached hydrogens (tertiary/aromatic N) is 1. The number of ether oxygens (including phenoxy) is 1. The molecular formula is C13H17NO5. The molecule has 0 saturated carbocycles. The lowest BCUT2D eigenvalue weighted by atomic mass is 10.0. The van der Waals surface area contributed by atoms with Crippen LogP contribution in [-0.4, -0.2) is 35.6 Å². The first-order chi connectivity index (χ1) is 9.16. The molecule has 0 radical (unpaired) electrons. The van der Waals surface area contributed by atoms with E-state index in [1.54, 1.807) is 0 Å². The Morgan fingerprint density at radius 1 is 1.21 bits per heavy atom. The van der Waals surface area contributed by atoms with Crippen LogP contribution in [0.15, 0.2) is 12.2 Å². The van der Waals surface area contributed by atoms with E-state index in [9.17, 15) is 14.4 Å². The third-order valence-electron chi connectivity index (χ3n) is 3.17. The van der Waals surface area contributed by atoms with Crippen LogP contribution in [0.1, 0.15) is 38.5 Å². The van der Waals surface area contributed by atoms with Crippen LogP contribution in [0.4, 0.5) is 4.79 Å². The van der Waals surface area contributed by atoms with E-state index in [0.717, 1.165) is 37.2 Å². The van der Waals surface area contributed by atoms with Gasteiger partial charge in [0.15, 0.2) is 0 Å². The molecule has 6 nitrogen and oxygen atoms in total. The molecule has 1 unspecified atom stereocenters. The quantitative estimate of drug-likeness (QED) is 0.433. The zero-order chi connectivity index (χ0) is 13.7. The van der Waals surface area contributed by atoms with E-state index >= 15 is 0 Å². The molecule has 1 heterocycles. The van der Waals surface area contributed by atoms with Crippen molar-refractivity contribution in [1.82, 2.24) is 5.06 Å². The SMILES string of the molecule is O=C(OC1CCC=CCCC1)ON1CCC(=O)C1=O. The van der Waals surface area contributed by atoms with Gasteiger partial charge in [-0.15, -0.1) is 0 Å². The second kappa shape index (κ2) is 6.36. The molecule has 0 bridgehead atoms. The van der Waals surface area contributed by atoms with Crippen LogP contribution in [0, 0.1) is 0 Å². The average molecular weight is 267 g/mol. The smallest absolute Gasteiger partial charge is 0.429 e. The Hall–Kier alpha value is -1.85. The number of rotatable bonds is 2. The van der Waals surface area contributed by atoms with Gasteiger partial charge in [0.2, 0.25) is 5.78 Å². The molecule has 0 spiro atoms. The van der Waals surface area contributed by atoms with Crippen LogP contribution >= 0.6 is 0 Å². The van der Waals surface area contributed by atoms with Gasteiger partial charge in [0.25, 0.3) is 0 Å². The van der Waals surface area contributed by atoms with Crippen LogP contribution in [0.5, 0.6) is 0 Å². The van der Waals surface area contributed by atoms with Crippen molar-refractivity contribution in [1.29, 1.82) is 0 Å². The largest absolute Gasteiger partial charge is 0.533 e. The van der Waals surface area contributed by atoms with Crippen molar-refractivity contribution < 1.29 is 24.0 Å². The number of amides is 1. The number of hydroxylamine groups is 2. The predicted octanol–water partition coefficient (Wildman–Crippen LogP) is 1.74. The Bertz CT molecular complexity index is 404. The number of hydrogen-bond donors (Lipinski definition) is 0. The van der Waals surface area contributed by atoms with Crippen LogP contribution in [-0.2, 0) is 19.2 Å². The maximum Gasteiger partial charge on any atom is 0.533 e. The van der Waals surface area contributed by atoms with Crippen molar-refractivity contribution in [3.05, 3.63) is 12.2 Å². The number of Topliss-reactive ketones (excluding diaryl/α,β-unsaturated/α-hetero) is 1. The van der Waals surface area contributed by atoms with Gasteiger partial charge in [0.05, 0.1) is 6.54 Å². The molecule has 2 rings (SSSR count). The van der Waals surface area contributed by atoms with Gasteiger partial charge < -0.3 is 9.57 Å². The Morgan fingerprint density at radius 3 is 2.74 bits per heavy atom. The van der Waals surface area contributed by atoms with E-state index in [1.807, 2.05) is 0 Å². The second-order valence-electron chi connectivity index (χ2n) is 4.64. The Balaban J connectivity index is 1.79. The maximum atomic E-state index is 11.6. The van der Waals surface area contributed by atoms with Crippen molar-refractivity contribution in [2.45, 2.75) is 44.6 Å². The normalized spacial score (nSPS) is 24.0. The van der Waals surface area contributed by atoms with Crippen LogP contribution in [0.3, 0.4) is 0 Å². The van der Waals surface area contributed by atoms with E-state index in [2.05, 4.69) is 12.2 Å². The fraction of sp³-hybridized carbons (Fsp3) is 0.615. The standard InChI is InChI=1S/C13H17NO5/c15-11-8-9-14(12(11)16)19-13(17)18-10-6-4-2-1-3-5-7-10/h1-2,10H,3-9H2. The molecule has 104 valence electrons. The van der Waals surface area contributed by atoms with Crippen molar-refractivity contribution in [3.8, 4) is 0 Å². The molecule has 1 amide bonds. The Kier molecular flexibility index (Phi) is 4.54. The first-order valence-electron chi connectivity index (χ1n) is 6.55. The third-order valence-corrected chi connectivity index (χ3v) is 3.17. The number of carbonyl (C=O) groups is 3. The Labute approximate surface area is 111 Å². The van der Waals surface area contributed by atoms with E-state index in [0.29, 0.717) is 0 Å². The third kappa shape index (κ3) is 3.81. The van der Waals surface area contributed by atoms with Gasteiger partial charge in [0, 0.05) is 6.42 Å². The summed E-state index contributed by atoms with van der Waals surface area (Å²) < 4.78 is 5.17. The number of ketones is 1. The van der Waals surface area contributed by atoms with Crippen LogP contribution in [0.2, 0.25) is 0 Å². The lowest BCUT2D eigenvalue weighted by molar-refractivity contribution is -0.169. The molecule has 0 aromatic rings. The number of allylic oxidation sites excluding steroid dienone is 2. The van der Waals surface area contributed by atoms with Crippen molar-refractivity contribution in [3.63, 3.8) is 0 Å². The summed E-state index contributed by atoms with van der Waals surface area (Å²) in [7, 11) is 0.